The lowest BCUT2D eigenvalue weighted by molar-refractivity contribution is 0.0729. The third kappa shape index (κ3) is 5.01. The van der Waals surface area contributed by atoms with Crippen LogP contribution < -0.4 is 19.6 Å². The number of furan rings is 1. The van der Waals surface area contributed by atoms with E-state index in [1.54, 1.807) is 61.7 Å². The van der Waals surface area contributed by atoms with Crippen LogP contribution in [0.15, 0.2) is 82.3 Å². The maximum Gasteiger partial charge on any atom is 0.343 e. The van der Waals surface area contributed by atoms with Crippen molar-refractivity contribution < 1.29 is 28.2 Å². The highest BCUT2D eigenvalue weighted by atomic mass is 16.6. The quantitative estimate of drug-likeness (QED) is 0.196. The molecule has 0 aliphatic rings. The minimum absolute atomic E-state index is 0.159. The number of nitrogens with one attached hydrogen (secondary N) is 1. The second-order valence-corrected chi connectivity index (χ2v) is 6.88. The van der Waals surface area contributed by atoms with Gasteiger partial charge in [-0.2, -0.15) is 5.10 Å². The number of carbonyl (C=O) groups is 2. The van der Waals surface area contributed by atoms with Crippen molar-refractivity contribution >= 4 is 29.1 Å². The van der Waals surface area contributed by atoms with Gasteiger partial charge in [0.1, 0.15) is 11.3 Å². The summed E-state index contributed by atoms with van der Waals surface area (Å²) in [5.74, 6) is 0.382. The molecule has 4 aromatic rings. The number of para-hydroxylation sites is 1. The SMILES string of the molecule is COc1ccc(C(=O)Oc2ccc(C=NNC(=O)c3cc4ccccc4o3)cc2OC)cc1. The van der Waals surface area contributed by atoms with Gasteiger partial charge in [-0.15, -0.1) is 0 Å². The van der Waals surface area contributed by atoms with Crippen LogP contribution in [-0.2, 0) is 0 Å². The number of rotatable bonds is 7. The molecule has 8 nitrogen and oxygen atoms in total. The molecular weight excluding hydrogens is 424 g/mol. The molecule has 1 aromatic heterocycles. The smallest absolute Gasteiger partial charge is 0.343 e. The Labute approximate surface area is 189 Å². The van der Waals surface area contributed by atoms with Gasteiger partial charge >= 0.3 is 11.9 Å². The highest BCUT2D eigenvalue weighted by molar-refractivity contribution is 5.96. The van der Waals surface area contributed by atoms with E-state index in [1.807, 2.05) is 18.2 Å². The predicted molar refractivity (Wildman–Crippen MR) is 122 cm³/mol. The molecule has 0 fully saturated rings. The topological polar surface area (TPSA) is 99.4 Å². The number of methoxy groups -OCH3 is 2. The Kier molecular flexibility index (Phi) is 6.36. The van der Waals surface area contributed by atoms with E-state index in [0.29, 0.717) is 28.2 Å². The van der Waals surface area contributed by atoms with E-state index >= 15 is 0 Å². The molecule has 0 saturated carbocycles. The van der Waals surface area contributed by atoms with E-state index in [2.05, 4.69) is 10.5 Å². The van der Waals surface area contributed by atoms with Gasteiger partial charge in [0.25, 0.3) is 0 Å². The fourth-order valence-corrected chi connectivity index (χ4v) is 3.05. The van der Waals surface area contributed by atoms with E-state index in [0.717, 1.165) is 5.39 Å². The molecule has 0 radical (unpaired) electrons. The van der Waals surface area contributed by atoms with Crippen molar-refractivity contribution in [1.82, 2.24) is 5.43 Å². The van der Waals surface area contributed by atoms with Crippen LogP contribution in [0, 0.1) is 0 Å². The van der Waals surface area contributed by atoms with Crippen molar-refractivity contribution in [3.8, 4) is 17.2 Å². The van der Waals surface area contributed by atoms with Crippen molar-refractivity contribution in [2.45, 2.75) is 0 Å². The molecule has 3 aromatic carbocycles. The van der Waals surface area contributed by atoms with Crippen molar-refractivity contribution in [2.24, 2.45) is 5.10 Å². The summed E-state index contributed by atoms with van der Waals surface area (Å²) in [6.07, 6.45) is 1.44. The van der Waals surface area contributed by atoms with Crippen LogP contribution in [0.1, 0.15) is 26.5 Å². The molecule has 0 aliphatic carbocycles. The first kappa shape index (κ1) is 21.6. The average molecular weight is 444 g/mol. The Hall–Kier alpha value is -4.59. The number of fused-ring (bicyclic) bond motifs is 1. The van der Waals surface area contributed by atoms with E-state index in [-0.39, 0.29) is 11.5 Å². The molecule has 0 aliphatic heterocycles. The lowest BCUT2D eigenvalue weighted by Gasteiger charge is -2.10. The predicted octanol–water partition coefficient (Wildman–Crippen LogP) is 4.43. The maximum absolute atomic E-state index is 12.4. The fraction of sp³-hybridized carbons (Fsp3) is 0.0800. The van der Waals surface area contributed by atoms with Gasteiger partial charge in [0.15, 0.2) is 17.3 Å². The van der Waals surface area contributed by atoms with Crippen LogP contribution in [0.5, 0.6) is 17.2 Å². The second-order valence-electron chi connectivity index (χ2n) is 6.88. The Morgan fingerprint density at radius 1 is 0.909 bits per heavy atom. The van der Waals surface area contributed by atoms with Crippen molar-refractivity contribution in [3.63, 3.8) is 0 Å². The molecule has 0 atom stereocenters. The van der Waals surface area contributed by atoms with Gasteiger partial charge in [0, 0.05) is 5.39 Å². The summed E-state index contributed by atoms with van der Waals surface area (Å²) in [6, 6.07) is 20.4. The normalized spacial score (nSPS) is 10.8. The van der Waals surface area contributed by atoms with E-state index in [9.17, 15) is 9.59 Å². The molecule has 0 unspecified atom stereocenters. The maximum atomic E-state index is 12.4. The molecule has 1 amide bonds. The van der Waals surface area contributed by atoms with Crippen LogP contribution in [0.3, 0.4) is 0 Å². The first-order valence-corrected chi connectivity index (χ1v) is 9.93. The van der Waals surface area contributed by atoms with Gasteiger partial charge in [-0.1, -0.05) is 18.2 Å². The van der Waals surface area contributed by atoms with Gasteiger partial charge in [-0.05, 0) is 60.2 Å². The Morgan fingerprint density at radius 3 is 2.42 bits per heavy atom. The zero-order chi connectivity index (χ0) is 23.2. The highest BCUT2D eigenvalue weighted by Gasteiger charge is 2.14. The second kappa shape index (κ2) is 9.69. The standard InChI is InChI=1S/C25H20N2O6/c1-30-19-10-8-17(9-11-19)25(29)33-21-12-7-16(13-22(21)31-2)15-26-27-24(28)23-14-18-5-3-4-6-20(18)32-23/h3-15H,1-2H3,(H,27,28). The minimum atomic E-state index is -0.532. The van der Waals surface area contributed by atoms with Crippen molar-refractivity contribution in [1.29, 1.82) is 0 Å². The molecule has 0 bridgehead atoms. The number of hydrogen-bond donors (Lipinski definition) is 1. The summed E-state index contributed by atoms with van der Waals surface area (Å²) in [7, 11) is 3.01. The summed E-state index contributed by atoms with van der Waals surface area (Å²) >= 11 is 0. The van der Waals surface area contributed by atoms with Crippen LogP contribution in [0.2, 0.25) is 0 Å². The summed E-state index contributed by atoms with van der Waals surface area (Å²) in [6.45, 7) is 0. The number of esters is 1. The van der Waals surface area contributed by atoms with Gasteiger partial charge in [0.05, 0.1) is 26.0 Å². The molecule has 0 spiro atoms. The highest BCUT2D eigenvalue weighted by Crippen LogP contribution is 2.28. The molecule has 4 rings (SSSR count). The number of hydrazone groups is 1. The lowest BCUT2D eigenvalue weighted by atomic mass is 10.2. The van der Waals surface area contributed by atoms with Crippen molar-refractivity contribution in [2.75, 3.05) is 14.2 Å². The summed E-state index contributed by atoms with van der Waals surface area (Å²) < 4.78 is 21.4. The Morgan fingerprint density at radius 2 is 1.70 bits per heavy atom. The van der Waals surface area contributed by atoms with Gasteiger partial charge < -0.3 is 18.6 Å². The number of amides is 1. The van der Waals surface area contributed by atoms with Gasteiger partial charge in [0.2, 0.25) is 0 Å². The number of ether oxygens (including phenoxy) is 3. The Bertz CT molecular complexity index is 1290. The molecule has 1 N–H and O–H groups in total. The third-order valence-electron chi connectivity index (χ3n) is 4.75. The summed E-state index contributed by atoms with van der Waals surface area (Å²) in [5.41, 5.74) is 4.04. The van der Waals surface area contributed by atoms with Crippen molar-refractivity contribution in [3.05, 3.63) is 89.7 Å². The zero-order valence-corrected chi connectivity index (χ0v) is 17.9. The number of benzene rings is 3. The van der Waals surface area contributed by atoms with Crippen LogP contribution in [0.4, 0.5) is 0 Å². The molecule has 0 saturated heterocycles. The molecule has 166 valence electrons. The monoisotopic (exact) mass is 444 g/mol. The van der Waals surface area contributed by atoms with E-state index in [4.69, 9.17) is 18.6 Å². The lowest BCUT2D eigenvalue weighted by Crippen LogP contribution is -2.16. The van der Waals surface area contributed by atoms with Gasteiger partial charge in [-0.25, -0.2) is 10.2 Å². The van der Waals surface area contributed by atoms with Crippen LogP contribution >= 0.6 is 0 Å². The first-order chi connectivity index (χ1) is 16.1. The first-order valence-electron chi connectivity index (χ1n) is 9.93. The number of carbonyl (C=O) groups excluding carboxylic acids is 2. The van der Waals surface area contributed by atoms with Gasteiger partial charge in [-0.3, -0.25) is 4.79 Å². The fourth-order valence-electron chi connectivity index (χ4n) is 3.05. The van der Waals surface area contributed by atoms with Crippen LogP contribution in [0.25, 0.3) is 11.0 Å². The molecular formula is C25H20N2O6. The zero-order valence-electron chi connectivity index (χ0n) is 17.9. The third-order valence-corrected chi connectivity index (χ3v) is 4.75. The number of hydrogen-bond acceptors (Lipinski definition) is 7. The van der Waals surface area contributed by atoms with E-state index in [1.165, 1.54) is 13.3 Å². The molecule has 33 heavy (non-hydrogen) atoms. The Balaban J connectivity index is 1.41. The summed E-state index contributed by atoms with van der Waals surface area (Å²) in [4.78, 5) is 24.7. The molecule has 8 heteroatoms. The summed E-state index contributed by atoms with van der Waals surface area (Å²) in [5, 5.41) is 4.79. The minimum Gasteiger partial charge on any atom is -0.497 e. The molecule has 1 heterocycles. The van der Waals surface area contributed by atoms with E-state index < -0.39 is 11.9 Å². The number of nitrogens with zero attached hydrogens (tertiary/aromatic N) is 1. The van der Waals surface area contributed by atoms with Crippen LogP contribution in [-0.4, -0.2) is 32.3 Å². The average Bonchev–Trinajstić information content (AvgIpc) is 3.29. The largest absolute Gasteiger partial charge is 0.497 e.